The minimum absolute atomic E-state index is 0.0229. The Bertz CT molecular complexity index is 742. The molecule has 8 heteroatoms. The van der Waals surface area contributed by atoms with Crippen molar-refractivity contribution in [2.24, 2.45) is 4.36 Å². The Kier molecular flexibility index (Phi) is 6.57. The lowest BCUT2D eigenvalue weighted by Crippen LogP contribution is -2.10. The summed E-state index contributed by atoms with van der Waals surface area (Å²) in [4.78, 5) is 11.1. The van der Waals surface area contributed by atoms with Crippen molar-refractivity contribution in [3.63, 3.8) is 0 Å². The van der Waals surface area contributed by atoms with Crippen LogP contribution in [0.3, 0.4) is 0 Å². The van der Waals surface area contributed by atoms with Crippen LogP contribution in [0, 0.1) is 0 Å². The van der Waals surface area contributed by atoms with Crippen LogP contribution in [0.2, 0.25) is 0 Å². The Morgan fingerprint density at radius 1 is 1.33 bits per heavy atom. The topological polar surface area (TPSA) is 101 Å². The SMILES string of the molecule is CNC.O=C(O)c1cc2ccccc2n1CCN=S(=O)=O. The van der Waals surface area contributed by atoms with Crippen LogP contribution < -0.4 is 5.32 Å². The molecule has 114 valence electrons. The van der Waals surface area contributed by atoms with E-state index in [-0.39, 0.29) is 18.8 Å². The predicted molar refractivity (Wildman–Crippen MR) is 80.1 cm³/mol. The monoisotopic (exact) mass is 311 g/mol. The van der Waals surface area contributed by atoms with Gasteiger partial charge < -0.3 is 15.0 Å². The molecule has 0 aliphatic heterocycles. The minimum atomic E-state index is -2.46. The molecule has 0 aliphatic rings. The summed E-state index contributed by atoms with van der Waals surface area (Å²) in [6, 6.07) is 8.77. The zero-order valence-corrected chi connectivity index (χ0v) is 12.6. The first-order valence-corrected chi connectivity index (χ1v) is 7.21. The molecule has 0 fully saturated rings. The van der Waals surface area contributed by atoms with Gasteiger partial charge in [0.05, 0.1) is 6.54 Å². The van der Waals surface area contributed by atoms with Crippen molar-refractivity contribution in [3.8, 4) is 0 Å². The summed E-state index contributed by atoms with van der Waals surface area (Å²) >= 11 is 0. The molecule has 0 amide bonds. The first-order chi connectivity index (χ1) is 10.0. The standard InChI is InChI=1S/C11H10N2O4S.C2H7N/c14-11(15)10-7-8-3-1-2-4-9(8)13(10)6-5-12-18(16)17;1-3-2/h1-4,7H,5-6H2,(H,14,15);3H,1-2H3. The van der Waals surface area contributed by atoms with Crippen molar-refractivity contribution in [3.05, 3.63) is 36.0 Å². The molecule has 0 aliphatic carbocycles. The summed E-state index contributed by atoms with van der Waals surface area (Å²) in [5.41, 5.74) is 0.880. The quantitative estimate of drug-likeness (QED) is 0.884. The smallest absolute Gasteiger partial charge is 0.352 e. The van der Waals surface area contributed by atoms with E-state index in [0.717, 1.165) is 10.9 Å². The second kappa shape index (κ2) is 8.18. The van der Waals surface area contributed by atoms with Crippen LogP contribution in [0.4, 0.5) is 0 Å². The van der Waals surface area contributed by atoms with Gasteiger partial charge in [-0.25, -0.2) is 4.79 Å². The molecular weight excluding hydrogens is 294 g/mol. The third-order valence-corrected chi connectivity index (χ3v) is 2.94. The Morgan fingerprint density at radius 2 is 1.95 bits per heavy atom. The molecule has 1 aromatic heterocycles. The number of nitrogens with one attached hydrogen (secondary N) is 1. The van der Waals surface area contributed by atoms with Gasteiger partial charge in [0.1, 0.15) is 5.69 Å². The lowest BCUT2D eigenvalue weighted by atomic mass is 10.2. The number of nitrogens with zero attached hydrogens (tertiary/aromatic N) is 2. The van der Waals surface area contributed by atoms with E-state index in [9.17, 15) is 13.2 Å². The summed E-state index contributed by atoms with van der Waals surface area (Å²) in [6.45, 7) is 0.234. The molecular formula is C13H17N3O4S. The molecule has 0 spiro atoms. The lowest BCUT2D eigenvalue weighted by molar-refractivity contribution is 0.0686. The maximum atomic E-state index is 11.1. The maximum Gasteiger partial charge on any atom is 0.352 e. The van der Waals surface area contributed by atoms with Gasteiger partial charge in [-0.2, -0.15) is 12.8 Å². The fourth-order valence-electron chi connectivity index (χ4n) is 1.84. The summed E-state index contributed by atoms with van der Waals surface area (Å²) in [6.07, 6.45) is 0. The number of fused-ring (bicyclic) bond motifs is 1. The number of carboxylic acid groups (broad SMARTS) is 1. The number of benzene rings is 1. The number of carbonyl (C=O) groups is 1. The third kappa shape index (κ3) is 4.69. The van der Waals surface area contributed by atoms with Gasteiger partial charge in [-0.05, 0) is 26.2 Å². The van der Waals surface area contributed by atoms with E-state index in [2.05, 4.69) is 9.68 Å². The molecule has 0 bridgehead atoms. The van der Waals surface area contributed by atoms with Crippen molar-refractivity contribution in [2.75, 3.05) is 20.6 Å². The van der Waals surface area contributed by atoms with Crippen LogP contribution in [0.5, 0.6) is 0 Å². The molecule has 2 aromatic rings. The first-order valence-electron chi connectivity index (χ1n) is 6.18. The zero-order chi connectivity index (χ0) is 15.8. The normalized spacial score (nSPS) is 9.81. The Morgan fingerprint density at radius 3 is 2.52 bits per heavy atom. The number of hydrogen-bond donors (Lipinski definition) is 2. The van der Waals surface area contributed by atoms with E-state index in [1.165, 1.54) is 0 Å². The molecule has 0 unspecified atom stereocenters. The van der Waals surface area contributed by atoms with Crippen LogP contribution in [-0.2, 0) is 17.0 Å². The van der Waals surface area contributed by atoms with Crippen molar-refractivity contribution >= 4 is 27.4 Å². The van der Waals surface area contributed by atoms with Crippen molar-refractivity contribution in [1.29, 1.82) is 0 Å². The summed E-state index contributed by atoms with van der Waals surface area (Å²) in [5.74, 6) is -1.05. The van der Waals surface area contributed by atoms with E-state index < -0.39 is 16.5 Å². The van der Waals surface area contributed by atoms with Gasteiger partial charge >= 0.3 is 16.5 Å². The van der Waals surface area contributed by atoms with Crippen molar-refractivity contribution < 1.29 is 18.3 Å². The molecule has 1 heterocycles. The third-order valence-electron chi connectivity index (χ3n) is 2.55. The molecule has 0 atom stereocenters. The molecule has 0 saturated carbocycles. The molecule has 1 aromatic carbocycles. The summed E-state index contributed by atoms with van der Waals surface area (Å²) < 4.78 is 25.5. The second-order valence-corrected chi connectivity index (χ2v) is 4.81. The molecule has 2 rings (SSSR count). The minimum Gasteiger partial charge on any atom is -0.477 e. The summed E-state index contributed by atoms with van der Waals surface area (Å²) in [5, 5.41) is 12.7. The average molecular weight is 311 g/mol. The Hall–Kier alpha value is -2.19. The van der Waals surface area contributed by atoms with Gasteiger partial charge in [-0.1, -0.05) is 18.2 Å². The van der Waals surface area contributed by atoms with Gasteiger partial charge in [0, 0.05) is 17.4 Å². The fraction of sp³-hybridized carbons (Fsp3) is 0.308. The molecule has 2 N–H and O–H groups in total. The van der Waals surface area contributed by atoms with Gasteiger partial charge in [0.25, 0.3) is 0 Å². The van der Waals surface area contributed by atoms with Gasteiger partial charge in [0.15, 0.2) is 0 Å². The van der Waals surface area contributed by atoms with E-state index in [4.69, 9.17) is 5.11 Å². The highest BCUT2D eigenvalue weighted by Crippen LogP contribution is 2.19. The van der Waals surface area contributed by atoms with E-state index in [1.54, 1.807) is 28.8 Å². The number of para-hydroxylation sites is 1. The number of rotatable bonds is 4. The lowest BCUT2D eigenvalue weighted by Gasteiger charge is -2.05. The summed E-state index contributed by atoms with van der Waals surface area (Å²) in [7, 11) is 1.29. The fourth-order valence-corrected chi connectivity index (χ4v) is 2.07. The number of aromatic nitrogens is 1. The highest BCUT2D eigenvalue weighted by Gasteiger charge is 2.13. The number of hydrogen-bond acceptors (Lipinski definition) is 5. The van der Waals surface area contributed by atoms with E-state index >= 15 is 0 Å². The second-order valence-electron chi connectivity index (χ2n) is 4.12. The van der Waals surface area contributed by atoms with Crippen LogP contribution in [0.25, 0.3) is 10.9 Å². The molecule has 0 radical (unpaired) electrons. The maximum absolute atomic E-state index is 11.1. The van der Waals surface area contributed by atoms with Crippen molar-refractivity contribution in [2.45, 2.75) is 6.54 Å². The highest BCUT2D eigenvalue weighted by molar-refractivity contribution is 7.61. The largest absolute Gasteiger partial charge is 0.477 e. The number of aromatic carboxylic acids is 1. The highest BCUT2D eigenvalue weighted by atomic mass is 32.2. The van der Waals surface area contributed by atoms with E-state index in [0.29, 0.717) is 0 Å². The van der Waals surface area contributed by atoms with Crippen LogP contribution in [-0.4, -0.2) is 44.7 Å². The van der Waals surface area contributed by atoms with E-state index in [1.807, 2.05) is 20.2 Å². The predicted octanol–water partition coefficient (Wildman–Crippen LogP) is 1.24. The van der Waals surface area contributed by atoms with Crippen LogP contribution in [0.1, 0.15) is 10.5 Å². The van der Waals surface area contributed by atoms with Gasteiger partial charge in [0.2, 0.25) is 0 Å². The van der Waals surface area contributed by atoms with Crippen LogP contribution in [0.15, 0.2) is 34.7 Å². The number of carboxylic acids is 1. The van der Waals surface area contributed by atoms with Crippen LogP contribution >= 0.6 is 0 Å². The Labute approximate surface area is 123 Å². The first kappa shape index (κ1) is 16.9. The average Bonchev–Trinajstić information content (AvgIpc) is 2.79. The van der Waals surface area contributed by atoms with Gasteiger partial charge in [-0.15, -0.1) is 0 Å². The molecule has 21 heavy (non-hydrogen) atoms. The molecule has 7 nitrogen and oxygen atoms in total. The molecule has 0 saturated heterocycles. The zero-order valence-electron chi connectivity index (χ0n) is 11.8. The van der Waals surface area contributed by atoms with Gasteiger partial charge in [-0.3, -0.25) is 0 Å². The Balaban J connectivity index is 0.000000677. The van der Waals surface area contributed by atoms with Crippen molar-refractivity contribution in [1.82, 2.24) is 9.88 Å².